The standard InChI is InChI=1S/C24H33N3O/c1-6-18-7-9-19(10-8-18)17(2)26-22(28)20(13-25)14-27-16-24(5)12-21(27)11-23(3,4)15-24/h7-10,14,17,21H,6,11-12,15-16H2,1-5H3,(H,26,28)/b20-14-. The average Bonchev–Trinajstić information content (AvgIpc) is 2.87. The van der Waals surface area contributed by atoms with Gasteiger partial charge in [-0.2, -0.15) is 5.26 Å². The third-order valence-electron chi connectivity index (χ3n) is 6.35. The number of hydrogen-bond donors (Lipinski definition) is 1. The summed E-state index contributed by atoms with van der Waals surface area (Å²) in [5.41, 5.74) is 3.11. The fraction of sp³-hybridized carbons (Fsp3) is 0.583. The maximum Gasteiger partial charge on any atom is 0.263 e. The molecule has 1 N–H and O–H groups in total. The number of hydrogen-bond acceptors (Lipinski definition) is 3. The van der Waals surface area contributed by atoms with Crippen LogP contribution in [0.3, 0.4) is 0 Å². The molecule has 3 atom stereocenters. The highest BCUT2D eigenvalue weighted by Crippen LogP contribution is 2.52. The van der Waals surface area contributed by atoms with E-state index in [0.29, 0.717) is 11.5 Å². The third kappa shape index (κ3) is 4.41. The van der Waals surface area contributed by atoms with E-state index >= 15 is 0 Å². The minimum Gasteiger partial charge on any atom is -0.373 e. The first-order chi connectivity index (χ1) is 13.1. The van der Waals surface area contributed by atoms with Gasteiger partial charge in [-0.25, -0.2) is 0 Å². The van der Waals surface area contributed by atoms with E-state index in [4.69, 9.17) is 0 Å². The van der Waals surface area contributed by atoms with Crippen molar-refractivity contribution in [2.24, 2.45) is 10.8 Å². The van der Waals surface area contributed by atoms with Crippen LogP contribution in [0.2, 0.25) is 0 Å². The Morgan fingerprint density at radius 1 is 1.32 bits per heavy atom. The van der Waals surface area contributed by atoms with Gasteiger partial charge in [0, 0.05) is 18.8 Å². The summed E-state index contributed by atoms with van der Waals surface area (Å²) in [6, 6.07) is 10.7. The van der Waals surface area contributed by atoms with Crippen LogP contribution in [0.15, 0.2) is 36.0 Å². The summed E-state index contributed by atoms with van der Waals surface area (Å²) in [5, 5.41) is 12.6. The Morgan fingerprint density at radius 2 is 2.00 bits per heavy atom. The van der Waals surface area contributed by atoms with Gasteiger partial charge < -0.3 is 10.2 Å². The van der Waals surface area contributed by atoms with Gasteiger partial charge in [0.25, 0.3) is 5.91 Å². The lowest BCUT2D eigenvalue weighted by molar-refractivity contribution is -0.117. The number of amides is 1. The van der Waals surface area contributed by atoms with Crippen LogP contribution in [0.4, 0.5) is 0 Å². The second kappa shape index (κ2) is 7.62. The number of likely N-dealkylation sites (tertiary alicyclic amines) is 1. The lowest BCUT2D eigenvalue weighted by Crippen LogP contribution is -2.34. The average molecular weight is 380 g/mol. The number of nitriles is 1. The van der Waals surface area contributed by atoms with Gasteiger partial charge in [-0.3, -0.25) is 4.79 Å². The maximum absolute atomic E-state index is 12.7. The Morgan fingerprint density at radius 3 is 2.61 bits per heavy atom. The summed E-state index contributed by atoms with van der Waals surface area (Å²) < 4.78 is 0. The molecular weight excluding hydrogens is 346 g/mol. The predicted molar refractivity (Wildman–Crippen MR) is 112 cm³/mol. The van der Waals surface area contributed by atoms with Gasteiger partial charge in [0.05, 0.1) is 6.04 Å². The van der Waals surface area contributed by atoms with Crippen molar-refractivity contribution >= 4 is 5.91 Å². The van der Waals surface area contributed by atoms with Crippen LogP contribution in [0.1, 0.15) is 71.0 Å². The van der Waals surface area contributed by atoms with Crippen molar-refractivity contribution in [1.82, 2.24) is 10.2 Å². The lowest BCUT2D eigenvalue weighted by atomic mass is 9.65. The van der Waals surface area contributed by atoms with Crippen LogP contribution in [0, 0.1) is 22.2 Å². The first-order valence-electron chi connectivity index (χ1n) is 10.4. The summed E-state index contributed by atoms with van der Waals surface area (Å²) >= 11 is 0. The smallest absolute Gasteiger partial charge is 0.263 e. The Balaban J connectivity index is 1.70. The molecule has 1 heterocycles. The normalized spacial score (nSPS) is 27.2. The van der Waals surface area contributed by atoms with Crippen molar-refractivity contribution in [3.8, 4) is 6.07 Å². The van der Waals surface area contributed by atoms with E-state index in [1.165, 1.54) is 12.0 Å². The molecule has 150 valence electrons. The van der Waals surface area contributed by atoms with Crippen molar-refractivity contribution in [3.05, 3.63) is 47.2 Å². The fourth-order valence-corrected chi connectivity index (χ4v) is 5.36. The molecule has 28 heavy (non-hydrogen) atoms. The topological polar surface area (TPSA) is 56.1 Å². The molecule has 3 rings (SSSR count). The minimum atomic E-state index is -0.291. The van der Waals surface area contributed by atoms with E-state index in [-0.39, 0.29) is 22.9 Å². The largest absolute Gasteiger partial charge is 0.373 e. The lowest BCUT2D eigenvalue weighted by Gasteiger charge is -2.39. The Bertz CT molecular complexity index is 802. The summed E-state index contributed by atoms with van der Waals surface area (Å²) in [4.78, 5) is 15.0. The molecule has 1 aliphatic carbocycles. The van der Waals surface area contributed by atoms with Crippen LogP contribution >= 0.6 is 0 Å². The van der Waals surface area contributed by atoms with Gasteiger partial charge in [0.1, 0.15) is 11.6 Å². The molecule has 1 saturated carbocycles. The van der Waals surface area contributed by atoms with E-state index < -0.39 is 0 Å². The molecule has 1 amide bonds. The van der Waals surface area contributed by atoms with Crippen LogP contribution < -0.4 is 5.32 Å². The van der Waals surface area contributed by atoms with Crippen LogP contribution in [0.5, 0.6) is 0 Å². The SMILES string of the molecule is CCc1ccc(C(C)NC(=O)/C(C#N)=C\N2CC3(C)CC2CC(C)(C)C3)cc1. The Kier molecular flexibility index (Phi) is 5.57. The first kappa shape index (κ1) is 20.5. The van der Waals surface area contributed by atoms with Crippen molar-refractivity contribution < 1.29 is 4.79 Å². The molecular formula is C24H33N3O. The van der Waals surface area contributed by atoms with Gasteiger partial charge in [-0.15, -0.1) is 0 Å². The highest BCUT2D eigenvalue weighted by atomic mass is 16.1. The summed E-state index contributed by atoms with van der Waals surface area (Å²) in [7, 11) is 0. The third-order valence-corrected chi connectivity index (χ3v) is 6.35. The second-order valence-electron chi connectivity index (χ2n) is 9.83. The highest BCUT2D eigenvalue weighted by molar-refractivity contribution is 5.97. The van der Waals surface area contributed by atoms with Gasteiger partial charge in [0.2, 0.25) is 0 Å². The van der Waals surface area contributed by atoms with Crippen LogP contribution in [-0.4, -0.2) is 23.4 Å². The molecule has 1 aromatic carbocycles. The molecule has 0 spiro atoms. The van der Waals surface area contributed by atoms with E-state index in [1.54, 1.807) is 6.20 Å². The van der Waals surface area contributed by atoms with E-state index in [9.17, 15) is 10.1 Å². The molecule has 3 unspecified atom stereocenters. The van der Waals surface area contributed by atoms with Gasteiger partial charge >= 0.3 is 0 Å². The van der Waals surface area contributed by atoms with E-state index in [1.807, 2.05) is 19.1 Å². The number of carbonyl (C=O) groups is 1. The van der Waals surface area contributed by atoms with Crippen molar-refractivity contribution in [2.75, 3.05) is 6.54 Å². The molecule has 1 saturated heterocycles. The van der Waals surface area contributed by atoms with Crippen molar-refractivity contribution in [2.45, 2.75) is 72.4 Å². The molecule has 4 heteroatoms. The molecule has 2 bridgehead atoms. The first-order valence-corrected chi connectivity index (χ1v) is 10.4. The minimum absolute atomic E-state index is 0.135. The van der Waals surface area contributed by atoms with Gasteiger partial charge in [-0.05, 0) is 54.6 Å². The number of aryl methyl sites for hydroxylation is 1. The van der Waals surface area contributed by atoms with Crippen molar-refractivity contribution in [1.29, 1.82) is 5.26 Å². The van der Waals surface area contributed by atoms with E-state index in [0.717, 1.165) is 31.4 Å². The predicted octanol–water partition coefficient (Wildman–Crippen LogP) is 4.73. The number of benzene rings is 1. The highest BCUT2D eigenvalue weighted by Gasteiger charge is 2.48. The summed E-state index contributed by atoms with van der Waals surface area (Å²) in [5.74, 6) is -0.291. The molecule has 0 radical (unpaired) electrons. The number of nitrogens with one attached hydrogen (secondary N) is 1. The zero-order chi connectivity index (χ0) is 20.5. The van der Waals surface area contributed by atoms with Gasteiger partial charge in [0.15, 0.2) is 0 Å². The van der Waals surface area contributed by atoms with E-state index in [2.05, 4.69) is 56.1 Å². The Hall–Kier alpha value is -2.28. The number of carbonyl (C=O) groups excluding carboxylic acids is 1. The molecule has 4 nitrogen and oxygen atoms in total. The Labute approximate surface area is 169 Å². The number of fused-ring (bicyclic) bond motifs is 2. The van der Waals surface area contributed by atoms with Crippen LogP contribution in [-0.2, 0) is 11.2 Å². The molecule has 2 fully saturated rings. The quantitative estimate of drug-likeness (QED) is 0.594. The molecule has 2 aliphatic rings. The molecule has 1 aliphatic heterocycles. The monoisotopic (exact) mass is 379 g/mol. The summed E-state index contributed by atoms with van der Waals surface area (Å²) in [6.07, 6.45) is 6.25. The fourth-order valence-electron chi connectivity index (χ4n) is 5.36. The zero-order valence-corrected chi connectivity index (χ0v) is 17.9. The maximum atomic E-state index is 12.7. The summed E-state index contributed by atoms with van der Waals surface area (Å²) in [6.45, 7) is 12.0. The van der Waals surface area contributed by atoms with Gasteiger partial charge in [-0.1, -0.05) is 52.0 Å². The molecule has 1 aromatic rings. The molecule has 0 aromatic heterocycles. The zero-order valence-electron chi connectivity index (χ0n) is 17.9. The van der Waals surface area contributed by atoms with Crippen molar-refractivity contribution in [3.63, 3.8) is 0 Å². The number of nitrogens with zero attached hydrogens (tertiary/aromatic N) is 2. The second-order valence-corrected chi connectivity index (χ2v) is 9.83. The van der Waals surface area contributed by atoms with Crippen LogP contribution in [0.25, 0.3) is 0 Å². The number of rotatable bonds is 5.